The third-order valence-corrected chi connectivity index (χ3v) is 5.22. The van der Waals surface area contributed by atoms with Gasteiger partial charge < -0.3 is 10.1 Å². The van der Waals surface area contributed by atoms with E-state index in [1.165, 1.54) is 37.4 Å². The molecular formula is C17H16N2O5S. The zero-order valence-electron chi connectivity index (χ0n) is 13.4. The van der Waals surface area contributed by atoms with E-state index in [2.05, 4.69) is 14.8 Å². The van der Waals surface area contributed by atoms with Gasteiger partial charge in [0.15, 0.2) is 0 Å². The number of rotatable bonds is 4. The molecule has 8 heteroatoms. The van der Waals surface area contributed by atoms with Crippen molar-refractivity contribution in [3.05, 3.63) is 53.6 Å². The van der Waals surface area contributed by atoms with E-state index in [1.54, 1.807) is 12.1 Å². The number of carbonyl (C=O) groups excluding carboxylic acids is 2. The quantitative estimate of drug-likeness (QED) is 0.814. The number of methoxy groups -OCH3 is 1. The molecule has 0 spiro atoms. The minimum absolute atomic E-state index is 0.0769. The van der Waals surface area contributed by atoms with E-state index < -0.39 is 16.0 Å². The Bertz CT molecular complexity index is 936. The van der Waals surface area contributed by atoms with Gasteiger partial charge >= 0.3 is 5.97 Å². The number of carbonyl (C=O) groups is 2. The van der Waals surface area contributed by atoms with Crippen LogP contribution < -0.4 is 10.0 Å². The lowest BCUT2D eigenvalue weighted by molar-refractivity contribution is -0.116. The molecule has 0 atom stereocenters. The Balaban J connectivity index is 1.82. The first-order valence-corrected chi connectivity index (χ1v) is 9.01. The van der Waals surface area contributed by atoms with Crippen LogP contribution in [0.5, 0.6) is 0 Å². The van der Waals surface area contributed by atoms with Crippen LogP contribution in [0.3, 0.4) is 0 Å². The van der Waals surface area contributed by atoms with Gasteiger partial charge in [-0.05, 0) is 54.4 Å². The molecule has 0 unspecified atom stereocenters. The van der Waals surface area contributed by atoms with Crippen molar-refractivity contribution in [2.45, 2.75) is 17.7 Å². The van der Waals surface area contributed by atoms with Crippen LogP contribution in [-0.4, -0.2) is 27.4 Å². The normalized spacial score (nSPS) is 13.6. The molecule has 1 aliphatic rings. The molecule has 0 bridgehead atoms. The van der Waals surface area contributed by atoms with Crippen molar-refractivity contribution >= 4 is 33.3 Å². The van der Waals surface area contributed by atoms with Crippen LogP contribution in [0.1, 0.15) is 22.3 Å². The maximum absolute atomic E-state index is 12.5. The molecule has 0 fully saturated rings. The van der Waals surface area contributed by atoms with Crippen molar-refractivity contribution in [1.82, 2.24) is 0 Å². The van der Waals surface area contributed by atoms with Crippen molar-refractivity contribution in [2.24, 2.45) is 0 Å². The number of nitrogens with one attached hydrogen (secondary N) is 2. The van der Waals surface area contributed by atoms with E-state index in [9.17, 15) is 18.0 Å². The molecule has 0 aliphatic carbocycles. The number of sulfonamides is 1. The summed E-state index contributed by atoms with van der Waals surface area (Å²) in [6.45, 7) is 0. The Morgan fingerprint density at radius 2 is 1.84 bits per heavy atom. The Kier molecular flexibility index (Phi) is 4.45. The summed E-state index contributed by atoms with van der Waals surface area (Å²) in [5, 5.41) is 2.71. The van der Waals surface area contributed by atoms with Gasteiger partial charge in [-0.15, -0.1) is 0 Å². The standard InChI is InChI=1S/C17H16N2O5S/c1-24-17(21)11-2-5-13(6-3-11)19-25(22,23)14-7-8-15-12(10-14)4-9-16(20)18-15/h2-3,5-8,10,19H,4,9H2,1H3,(H,18,20). The molecular weight excluding hydrogens is 344 g/mol. The van der Waals surface area contributed by atoms with Crippen molar-refractivity contribution in [3.8, 4) is 0 Å². The molecule has 0 saturated heterocycles. The van der Waals surface area contributed by atoms with Crippen molar-refractivity contribution in [1.29, 1.82) is 0 Å². The van der Waals surface area contributed by atoms with Gasteiger partial charge in [0.2, 0.25) is 5.91 Å². The Morgan fingerprint density at radius 3 is 2.52 bits per heavy atom. The van der Waals surface area contributed by atoms with Gasteiger partial charge in [0.25, 0.3) is 10.0 Å². The average Bonchev–Trinajstić information content (AvgIpc) is 2.60. The zero-order chi connectivity index (χ0) is 18.0. The summed E-state index contributed by atoms with van der Waals surface area (Å²) in [5.74, 6) is -0.571. The molecule has 25 heavy (non-hydrogen) atoms. The predicted molar refractivity (Wildman–Crippen MR) is 92.0 cm³/mol. The van der Waals surface area contributed by atoms with Gasteiger partial charge in [0.05, 0.1) is 17.6 Å². The molecule has 1 heterocycles. The number of anilines is 2. The summed E-state index contributed by atoms with van der Waals surface area (Å²) in [5.41, 5.74) is 2.08. The van der Waals surface area contributed by atoms with Crippen molar-refractivity contribution in [3.63, 3.8) is 0 Å². The fourth-order valence-corrected chi connectivity index (χ4v) is 3.64. The zero-order valence-corrected chi connectivity index (χ0v) is 14.2. The van der Waals surface area contributed by atoms with Gasteiger partial charge in [-0.2, -0.15) is 0 Å². The van der Waals surface area contributed by atoms with Crippen LogP contribution >= 0.6 is 0 Å². The van der Waals surface area contributed by atoms with E-state index in [-0.39, 0.29) is 10.8 Å². The number of ether oxygens (including phenoxy) is 1. The van der Waals surface area contributed by atoms with Crippen molar-refractivity contribution < 1.29 is 22.7 Å². The molecule has 2 N–H and O–H groups in total. The Labute approximate surface area is 145 Å². The highest BCUT2D eigenvalue weighted by Crippen LogP contribution is 2.26. The summed E-state index contributed by atoms with van der Waals surface area (Å²) in [7, 11) is -2.50. The highest BCUT2D eigenvalue weighted by Gasteiger charge is 2.20. The number of fused-ring (bicyclic) bond motifs is 1. The first-order valence-electron chi connectivity index (χ1n) is 7.53. The molecule has 0 radical (unpaired) electrons. The smallest absolute Gasteiger partial charge is 0.337 e. The maximum Gasteiger partial charge on any atom is 0.337 e. The van der Waals surface area contributed by atoms with E-state index in [0.717, 1.165) is 5.56 Å². The van der Waals surface area contributed by atoms with Gasteiger partial charge in [-0.25, -0.2) is 13.2 Å². The second-order valence-corrected chi connectivity index (χ2v) is 7.22. The molecule has 3 rings (SSSR count). The number of benzene rings is 2. The molecule has 2 aromatic carbocycles. The SMILES string of the molecule is COC(=O)c1ccc(NS(=O)(=O)c2ccc3c(c2)CCC(=O)N3)cc1. The van der Waals surface area contributed by atoms with Gasteiger partial charge in [0, 0.05) is 17.8 Å². The topological polar surface area (TPSA) is 102 Å². The second-order valence-electron chi connectivity index (χ2n) is 5.54. The Morgan fingerprint density at radius 1 is 1.12 bits per heavy atom. The monoisotopic (exact) mass is 360 g/mol. The average molecular weight is 360 g/mol. The molecule has 2 aromatic rings. The maximum atomic E-state index is 12.5. The van der Waals surface area contributed by atoms with Gasteiger partial charge in [-0.3, -0.25) is 9.52 Å². The van der Waals surface area contributed by atoms with Crippen LogP contribution in [0, 0.1) is 0 Å². The first kappa shape index (κ1) is 17.0. The largest absolute Gasteiger partial charge is 0.465 e. The summed E-state index contributed by atoms with van der Waals surface area (Å²) in [4.78, 5) is 22.9. The number of hydrogen-bond acceptors (Lipinski definition) is 5. The van der Waals surface area contributed by atoms with E-state index in [4.69, 9.17) is 0 Å². The fraction of sp³-hybridized carbons (Fsp3) is 0.176. The highest BCUT2D eigenvalue weighted by atomic mass is 32.2. The van der Waals surface area contributed by atoms with E-state index in [0.29, 0.717) is 29.8 Å². The molecule has 7 nitrogen and oxygen atoms in total. The Hall–Kier alpha value is -2.87. The van der Waals surface area contributed by atoms with Gasteiger partial charge in [0.1, 0.15) is 0 Å². The molecule has 1 aliphatic heterocycles. The number of hydrogen-bond donors (Lipinski definition) is 2. The minimum Gasteiger partial charge on any atom is -0.465 e. The summed E-state index contributed by atoms with van der Waals surface area (Å²) in [6.07, 6.45) is 0.831. The predicted octanol–water partition coefficient (Wildman–Crippen LogP) is 2.16. The number of aryl methyl sites for hydroxylation is 1. The van der Waals surface area contributed by atoms with E-state index >= 15 is 0 Å². The second kappa shape index (κ2) is 6.56. The summed E-state index contributed by atoms with van der Waals surface area (Å²) >= 11 is 0. The fourth-order valence-electron chi connectivity index (χ4n) is 2.53. The lowest BCUT2D eigenvalue weighted by Crippen LogP contribution is -2.20. The summed E-state index contributed by atoms with van der Waals surface area (Å²) in [6, 6.07) is 10.5. The lowest BCUT2D eigenvalue weighted by Gasteiger charge is -2.18. The van der Waals surface area contributed by atoms with Crippen LogP contribution in [0.4, 0.5) is 11.4 Å². The minimum atomic E-state index is -3.78. The van der Waals surface area contributed by atoms with Crippen LogP contribution in [0.25, 0.3) is 0 Å². The van der Waals surface area contributed by atoms with Gasteiger partial charge in [-0.1, -0.05) is 0 Å². The van der Waals surface area contributed by atoms with Crippen LogP contribution in [-0.2, 0) is 26.0 Å². The molecule has 1 amide bonds. The lowest BCUT2D eigenvalue weighted by atomic mass is 10.0. The number of esters is 1. The highest BCUT2D eigenvalue weighted by molar-refractivity contribution is 7.92. The first-order chi connectivity index (χ1) is 11.9. The van der Waals surface area contributed by atoms with Crippen molar-refractivity contribution in [2.75, 3.05) is 17.1 Å². The summed E-state index contributed by atoms with van der Waals surface area (Å²) < 4.78 is 32.1. The number of amides is 1. The third-order valence-electron chi connectivity index (χ3n) is 3.84. The van der Waals surface area contributed by atoms with Crippen LogP contribution in [0.2, 0.25) is 0 Å². The molecule has 0 saturated carbocycles. The molecule has 130 valence electrons. The van der Waals surface area contributed by atoms with Crippen LogP contribution in [0.15, 0.2) is 47.4 Å². The third kappa shape index (κ3) is 3.63. The molecule has 0 aromatic heterocycles. The van der Waals surface area contributed by atoms with E-state index in [1.807, 2.05) is 0 Å².